The molecule has 0 fully saturated rings. The van der Waals surface area contributed by atoms with E-state index >= 15 is 0 Å². The molecule has 0 saturated heterocycles. The van der Waals surface area contributed by atoms with Gasteiger partial charge in [-0.2, -0.15) is 0 Å². The van der Waals surface area contributed by atoms with Crippen LogP contribution >= 0.6 is 0 Å². The van der Waals surface area contributed by atoms with Crippen molar-refractivity contribution >= 4 is 11.5 Å². The first-order valence-electron chi connectivity index (χ1n) is 6.46. The van der Waals surface area contributed by atoms with Gasteiger partial charge >= 0.3 is 0 Å². The van der Waals surface area contributed by atoms with Crippen molar-refractivity contribution in [3.63, 3.8) is 0 Å². The molecule has 0 amide bonds. The summed E-state index contributed by atoms with van der Waals surface area (Å²) < 4.78 is 0. The molecule has 2 rings (SSSR count). The van der Waals surface area contributed by atoms with Crippen LogP contribution in [0.25, 0.3) is 0 Å². The zero-order valence-electron chi connectivity index (χ0n) is 11.4. The average molecular weight is 256 g/mol. The van der Waals surface area contributed by atoms with E-state index < -0.39 is 0 Å². The molecular formula is C15H20N4. The molecule has 1 aromatic carbocycles. The van der Waals surface area contributed by atoms with Crippen molar-refractivity contribution in [3.8, 4) is 0 Å². The van der Waals surface area contributed by atoms with Crippen LogP contribution in [0.3, 0.4) is 0 Å². The molecular weight excluding hydrogens is 236 g/mol. The maximum Gasteiger partial charge on any atom is 0.140 e. The number of hydrogen-bond acceptors (Lipinski definition) is 4. The lowest BCUT2D eigenvalue weighted by molar-refractivity contribution is 0.830. The Morgan fingerprint density at radius 3 is 2.58 bits per heavy atom. The van der Waals surface area contributed by atoms with Crippen molar-refractivity contribution < 1.29 is 0 Å². The summed E-state index contributed by atoms with van der Waals surface area (Å²) >= 11 is 0. The highest BCUT2D eigenvalue weighted by Gasteiger charge is 2.05. The molecule has 100 valence electrons. The third-order valence-corrected chi connectivity index (χ3v) is 3.13. The predicted molar refractivity (Wildman–Crippen MR) is 80.0 cm³/mol. The monoisotopic (exact) mass is 256 g/mol. The Kier molecular flexibility index (Phi) is 4.36. The van der Waals surface area contributed by atoms with E-state index in [9.17, 15) is 0 Å². The molecule has 0 unspecified atom stereocenters. The average Bonchev–Trinajstić information content (AvgIpc) is 2.46. The summed E-state index contributed by atoms with van der Waals surface area (Å²) in [6.45, 7) is 6.05. The summed E-state index contributed by atoms with van der Waals surface area (Å²) in [7, 11) is 0. The number of nitrogens with zero attached hydrogens (tertiary/aromatic N) is 2. The molecule has 0 atom stereocenters. The number of nitrogen functional groups attached to an aromatic ring is 1. The highest BCUT2D eigenvalue weighted by Crippen LogP contribution is 2.18. The van der Waals surface area contributed by atoms with Gasteiger partial charge in [0.25, 0.3) is 0 Å². The lowest BCUT2D eigenvalue weighted by Crippen LogP contribution is -2.22. The minimum Gasteiger partial charge on any atom is -0.367 e. The van der Waals surface area contributed by atoms with Gasteiger partial charge in [-0.15, -0.1) is 0 Å². The van der Waals surface area contributed by atoms with Gasteiger partial charge < -0.3 is 10.3 Å². The third kappa shape index (κ3) is 3.45. The maximum atomic E-state index is 5.38. The molecule has 4 nitrogen and oxygen atoms in total. The Labute approximate surface area is 114 Å². The first-order valence-corrected chi connectivity index (χ1v) is 6.46. The van der Waals surface area contributed by atoms with Gasteiger partial charge in [0.2, 0.25) is 0 Å². The van der Waals surface area contributed by atoms with Gasteiger partial charge in [-0.25, -0.2) is 10.8 Å². The Balaban J connectivity index is 2.16. The van der Waals surface area contributed by atoms with E-state index in [1.54, 1.807) is 6.20 Å². The number of hydrogen-bond donors (Lipinski definition) is 2. The molecule has 3 N–H and O–H groups in total. The lowest BCUT2D eigenvalue weighted by atomic mass is 10.2. The van der Waals surface area contributed by atoms with Crippen LogP contribution in [0.2, 0.25) is 0 Å². The maximum absolute atomic E-state index is 5.38. The number of hydrazine groups is 1. The molecule has 19 heavy (non-hydrogen) atoms. The highest BCUT2D eigenvalue weighted by atomic mass is 15.2. The number of pyridine rings is 1. The van der Waals surface area contributed by atoms with Crippen molar-refractivity contribution in [3.05, 3.63) is 53.7 Å². The predicted octanol–water partition coefficient (Wildman–Crippen LogP) is 2.70. The molecule has 2 aromatic rings. The van der Waals surface area contributed by atoms with Crippen LogP contribution in [0, 0.1) is 6.92 Å². The van der Waals surface area contributed by atoms with E-state index in [-0.39, 0.29) is 0 Å². The largest absolute Gasteiger partial charge is 0.367 e. The summed E-state index contributed by atoms with van der Waals surface area (Å²) in [5.74, 6) is 6.08. The van der Waals surface area contributed by atoms with Gasteiger partial charge in [-0.05, 0) is 43.7 Å². The number of anilines is 2. The van der Waals surface area contributed by atoms with Crippen LogP contribution in [-0.4, -0.2) is 11.5 Å². The van der Waals surface area contributed by atoms with Crippen LogP contribution in [0.15, 0.2) is 42.6 Å². The molecule has 0 aliphatic rings. The van der Waals surface area contributed by atoms with E-state index in [4.69, 9.17) is 5.84 Å². The summed E-state index contributed by atoms with van der Waals surface area (Å²) in [5, 5.41) is 0. The second-order valence-corrected chi connectivity index (χ2v) is 4.54. The van der Waals surface area contributed by atoms with Crippen LogP contribution in [0.1, 0.15) is 18.1 Å². The summed E-state index contributed by atoms with van der Waals surface area (Å²) in [6.07, 6.45) is 1.77. The van der Waals surface area contributed by atoms with Crippen LogP contribution in [-0.2, 0) is 6.54 Å². The second-order valence-electron chi connectivity index (χ2n) is 4.54. The van der Waals surface area contributed by atoms with E-state index in [2.05, 4.69) is 53.4 Å². The Morgan fingerprint density at radius 1 is 1.21 bits per heavy atom. The quantitative estimate of drug-likeness (QED) is 0.638. The van der Waals surface area contributed by atoms with Gasteiger partial charge in [-0.3, -0.25) is 0 Å². The number of nitrogens with one attached hydrogen (secondary N) is 1. The number of nitrogens with two attached hydrogens (primary N) is 1. The van der Waals surface area contributed by atoms with Crippen molar-refractivity contribution in [2.24, 2.45) is 5.84 Å². The number of benzene rings is 1. The van der Waals surface area contributed by atoms with Crippen molar-refractivity contribution in [2.45, 2.75) is 20.4 Å². The van der Waals surface area contributed by atoms with E-state index in [0.717, 1.165) is 13.1 Å². The van der Waals surface area contributed by atoms with Gasteiger partial charge in [-0.1, -0.05) is 17.7 Å². The molecule has 0 radical (unpaired) electrons. The molecule has 0 spiro atoms. The molecule has 4 heteroatoms. The van der Waals surface area contributed by atoms with Crippen molar-refractivity contribution in [2.75, 3.05) is 16.9 Å². The third-order valence-electron chi connectivity index (χ3n) is 3.13. The second kappa shape index (κ2) is 6.20. The first-order chi connectivity index (χ1) is 9.22. The molecule has 0 aliphatic carbocycles. The molecule has 0 bridgehead atoms. The minimum absolute atomic E-state index is 0.692. The smallest absolute Gasteiger partial charge is 0.140 e. The Bertz CT molecular complexity index is 522. The normalized spacial score (nSPS) is 10.3. The fraction of sp³-hybridized carbons (Fsp3) is 0.267. The summed E-state index contributed by atoms with van der Waals surface area (Å²) in [6, 6.07) is 12.6. The van der Waals surface area contributed by atoms with Gasteiger partial charge in [0.15, 0.2) is 0 Å². The van der Waals surface area contributed by atoms with E-state index in [1.807, 2.05) is 12.1 Å². The van der Waals surface area contributed by atoms with Gasteiger partial charge in [0, 0.05) is 25.0 Å². The van der Waals surface area contributed by atoms with Gasteiger partial charge in [0.1, 0.15) is 5.82 Å². The fourth-order valence-corrected chi connectivity index (χ4v) is 2.01. The molecule has 1 heterocycles. The molecule has 0 aliphatic heterocycles. The molecule has 1 aromatic heterocycles. The fourth-order valence-electron chi connectivity index (χ4n) is 2.01. The van der Waals surface area contributed by atoms with Crippen LogP contribution in [0.4, 0.5) is 11.5 Å². The standard InChI is InChI=1S/C15H20N4/c1-3-19(14-6-4-12(2)5-7-14)11-13-8-9-17-15(10-13)18-16/h4-10H,3,11,16H2,1-2H3,(H,17,18). The van der Waals surface area contributed by atoms with Crippen LogP contribution in [0.5, 0.6) is 0 Å². The van der Waals surface area contributed by atoms with Gasteiger partial charge in [0.05, 0.1) is 0 Å². The number of rotatable bonds is 5. The first kappa shape index (κ1) is 13.4. The zero-order valence-corrected chi connectivity index (χ0v) is 11.4. The zero-order chi connectivity index (χ0) is 13.7. The Hall–Kier alpha value is -2.07. The van der Waals surface area contributed by atoms with E-state index in [0.29, 0.717) is 5.82 Å². The highest BCUT2D eigenvalue weighted by molar-refractivity contribution is 5.48. The van der Waals surface area contributed by atoms with Crippen molar-refractivity contribution in [1.82, 2.24) is 4.98 Å². The summed E-state index contributed by atoms with van der Waals surface area (Å²) in [4.78, 5) is 6.44. The minimum atomic E-state index is 0.692. The SMILES string of the molecule is CCN(Cc1ccnc(NN)c1)c1ccc(C)cc1. The van der Waals surface area contributed by atoms with E-state index in [1.165, 1.54) is 16.8 Å². The molecule has 0 saturated carbocycles. The topological polar surface area (TPSA) is 54.2 Å². The number of aryl methyl sites for hydroxylation is 1. The lowest BCUT2D eigenvalue weighted by Gasteiger charge is -2.23. The summed E-state index contributed by atoms with van der Waals surface area (Å²) in [5.41, 5.74) is 6.27. The van der Waals surface area contributed by atoms with Crippen molar-refractivity contribution in [1.29, 1.82) is 0 Å². The van der Waals surface area contributed by atoms with Crippen LogP contribution < -0.4 is 16.2 Å². The number of aromatic nitrogens is 1. The Morgan fingerprint density at radius 2 is 1.95 bits per heavy atom.